The highest BCUT2D eigenvalue weighted by Gasteiger charge is 2.01. The highest BCUT2D eigenvalue weighted by atomic mass is 19.1. The summed E-state index contributed by atoms with van der Waals surface area (Å²) in [7, 11) is 0. The number of halogens is 1. The molecule has 0 saturated carbocycles. The van der Waals surface area contributed by atoms with E-state index in [1.807, 2.05) is 6.92 Å². The van der Waals surface area contributed by atoms with Crippen molar-refractivity contribution in [2.45, 2.75) is 13.3 Å². The summed E-state index contributed by atoms with van der Waals surface area (Å²) in [6.07, 6.45) is 0.394. The van der Waals surface area contributed by atoms with Gasteiger partial charge in [0.15, 0.2) is 0 Å². The normalized spacial score (nSPS) is 9.36. The van der Waals surface area contributed by atoms with Gasteiger partial charge >= 0.3 is 0 Å². The molecule has 0 saturated heterocycles. The van der Waals surface area contributed by atoms with Crippen molar-refractivity contribution in [1.82, 2.24) is 0 Å². The van der Waals surface area contributed by atoms with E-state index in [1.165, 1.54) is 6.07 Å². The van der Waals surface area contributed by atoms with Crippen LogP contribution in [0.5, 0.6) is 0 Å². The van der Waals surface area contributed by atoms with Gasteiger partial charge in [0.2, 0.25) is 0 Å². The molecule has 1 aromatic carbocycles. The van der Waals surface area contributed by atoms with Crippen LogP contribution in [-0.2, 0) is 0 Å². The molecule has 0 amide bonds. The average Bonchev–Trinajstić information content (AvgIpc) is 2.14. The van der Waals surface area contributed by atoms with Gasteiger partial charge in [-0.15, -0.1) is 0 Å². The zero-order valence-electron chi connectivity index (χ0n) is 7.97. The van der Waals surface area contributed by atoms with Crippen molar-refractivity contribution in [1.29, 1.82) is 0 Å². The van der Waals surface area contributed by atoms with Crippen LogP contribution in [-0.4, -0.2) is 11.7 Å². The van der Waals surface area contributed by atoms with Crippen molar-refractivity contribution in [3.8, 4) is 11.8 Å². The number of benzene rings is 1. The lowest BCUT2D eigenvalue weighted by Crippen LogP contribution is -1.94. The second-order valence-electron chi connectivity index (χ2n) is 2.96. The summed E-state index contributed by atoms with van der Waals surface area (Å²) >= 11 is 0. The maximum atomic E-state index is 13.0. The van der Waals surface area contributed by atoms with E-state index in [4.69, 9.17) is 10.8 Å². The van der Waals surface area contributed by atoms with Crippen LogP contribution in [0.1, 0.15) is 17.5 Å². The SMILES string of the molecule is Cc1cc(N)c(F)cc1C#CCCO. The van der Waals surface area contributed by atoms with Gasteiger partial charge in [0, 0.05) is 12.0 Å². The molecule has 0 radical (unpaired) electrons. The molecule has 0 spiro atoms. The molecule has 0 aromatic heterocycles. The fourth-order valence-electron chi connectivity index (χ4n) is 1.05. The quantitative estimate of drug-likeness (QED) is 0.523. The highest BCUT2D eigenvalue weighted by Crippen LogP contribution is 2.15. The minimum absolute atomic E-state index is 0.0174. The number of aliphatic hydroxyl groups is 1. The minimum Gasteiger partial charge on any atom is -0.396 e. The van der Waals surface area contributed by atoms with E-state index in [2.05, 4.69) is 11.8 Å². The number of rotatable bonds is 1. The topological polar surface area (TPSA) is 46.2 Å². The van der Waals surface area contributed by atoms with Crippen molar-refractivity contribution in [2.75, 3.05) is 12.3 Å². The largest absolute Gasteiger partial charge is 0.396 e. The molecule has 1 aromatic rings. The number of nitrogens with two attached hydrogens (primary N) is 1. The maximum Gasteiger partial charge on any atom is 0.147 e. The Kier molecular flexibility index (Phi) is 3.49. The third-order valence-electron chi connectivity index (χ3n) is 1.80. The minimum atomic E-state index is -0.455. The molecule has 0 heterocycles. The van der Waals surface area contributed by atoms with Crippen LogP contribution in [0.2, 0.25) is 0 Å². The molecule has 0 aliphatic rings. The third kappa shape index (κ3) is 2.48. The number of anilines is 1. The summed E-state index contributed by atoms with van der Waals surface area (Å²) in [5.74, 6) is 5.05. The molecular weight excluding hydrogens is 181 g/mol. The summed E-state index contributed by atoms with van der Waals surface area (Å²) < 4.78 is 13.0. The lowest BCUT2D eigenvalue weighted by molar-refractivity contribution is 0.305. The van der Waals surface area contributed by atoms with Gasteiger partial charge in [0.05, 0.1) is 12.3 Å². The van der Waals surface area contributed by atoms with Crippen molar-refractivity contribution < 1.29 is 9.50 Å². The van der Waals surface area contributed by atoms with Gasteiger partial charge in [0.1, 0.15) is 5.82 Å². The molecule has 0 aliphatic heterocycles. The number of hydrogen-bond acceptors (Lipinski definition) is 2. The van der Waals surface area contributed by atoms with Gasteiger partial charge in [0.25, 0.3) is 0 Å². The van der Waals surface area contributed by atoms with E-state index in [9.17, 15) is 4.39 Å². The molecule has 0 atom stereocenters. The predicted octanol–water partition coefficient (Wildman–Crippen LogP) is 1.45. The van der Waals surface area contributed by atoms with Crippen LogP contribution >= 0.6 is 0 Å². The van der Waals surface area contributed by atoms with Gasteiger partial charge in [-0.1, -0.05) is 11.8 Å². The van der Waals surface area contributed by atoms with Gasteiger partial charge in [-0.2, -0.15) is 0 Å². The second kappa shape index (κ2) is 4.64. The van der Waals surface area contributed by atoms with Crippen LogP contribution in [0.4, 0.5) is 10.1 Å². The molecule has 0 fully saturated rings. The molecule has 74 valence electrons. The van der Waals surface area contributed by atoms with E-state index >= 15 is 0 Å². The van der Waals surface area contributed by atoms with Crippen LogP contribution < -0.4 is 5.73 Å². The monoisotopic (exact) mass is 193 g/mol. The number of nitrogen functional groups attached to an aromatic ring is 1. The first kappa shape index (κ1) is 10.6. The van der Waals surface area contributed by atoms with E-state index in [-0.39, 0.29) is 12.3 Å². The van der Waals surface area contributed by atoms with Crippen molar-refractivity contribution in [3.05, 3.63) is 29.1 Å². The lowest BCUT2D eigenvalue weighted by atomic mass is 10.1. The average molecular weight is 193 g/mol. The first-order valence-electron chi connectivity index (χ1n) is 4.30. The Bertz CT molecular complexity index is 390. The molecule has 1 rings (SSSR count). The van der Waals surface area contributed by atoms with E-state index in [0.717, 1.165) is 5.56 Å². The fraction of sp³-hybridized carbons (Fsp3) is 0.273. The molecular formula is C11H12FNO. The van der Waals surface area contributed by atoms with E-state index < -0.39 is 5.82 Å². The third-order valence-corrected chi connectivity index (χ3v) is 1.80. The zero-order chi connectivity index (χ0) is 10.6. The van der Waals surface area contributed by atoms with Crippen LogP contribution in [0.15, 0.2) is 12.1 Å². The van der Waals surface area contributed by atoms with Crippen LogP contribution in [0.3, 0.4) is 0 Å². The Morgan fingerprint density at radius 2 is 2.21 bits per heavy atom. The summed E-state index contributed by atoms with van der Waals surface area (Å²) in [5, 5.41) is 8.52. The Balaban J connectivity index is 3.00. The first-order valence-corrected chi connectivity index (χ1v) is 4.30. The Labute approximate surface area is 82.6 Å². The van der Waals surface area contributed by atoms with E-state index in [1.54, 1.807) is 6.07 Å². The molecule has 3 heteroatoms. The highest BCUT2D eigenvalue weighted by molar-refractivity contribution is 5.51. The Morgan fingerprint density at radius 3 is 2.86 bits per heavy atom. The molecule has 2 nitrogen and oxygen atoms in total. The van der Waals surface area contributed by atoms with Crippen molar-refractivity contribution >= 4 is 5.69 Å². The summed E-state index contributed by atoms with van der Waals surface area (Å²) in [5.41, 5.74) is 6.97. The Morgan fingerprint density at radius 1 is 1.50 bits per heavy atom. The predicted molar refractivity (Wildman–Crippen MR) is 54.1 cm³/mol. The fourth-order valence-corrected chi connectivity index (χ4v) is 1.05. The van der Waals surface area contributed by atoms with Crippen molar-refractivity contribution in [3.63, 3.8) is 0 Å². The molecule has 0 bridgehead atoms. The standard InChI is InChI=1S/C11H12FNO/c1-8-6-11(13)10(12)7-9(8)4-2-3-5-14/h6-7,14H,3,5,13H2,1H3. The lowest BCUT2D eigenvalue weighted by Gasteiger charge is -2.01. The zero-order valence-corrected chi connectivity index (χ0v) is 7.97. The molecule has 0 unspecified atom stereocenters. The summed E-state index contributed by atoms with van der Waals surface area (Å²) in [4.78, 5) is 0. The molecule has 14 heavy (non-hydrogen) atoms. The van der Waals surface area contributed by atoms with Crippen LogP contribution in [0, 0.1) is 24.6 Å². The second-order valence-corrected chi connectivity index (χ2v) is 2.96. The number of aryl methyl sites for hydroxylation is 1. The van der Waals surface area contributed by atoms with E-state index in [0.29, 0.717) is 12.0 Å². The Hall–Kier alpha value is -1.53. The van der Waals surface area contributed by atoms with Gasteiger partial charge in [-0.25, -0.2) is 4.39 Å². The van der Waals surface area contributed by atoms with Gasteiger partial charge in [-0.3, -0.25) is 0 Å². The van der Waals surface area contributed by atoms with Crippen LogP contribution in [0.25, 0.3) is 0 Å². The molecule has 3 N–H and O–H groups in total. The van der Waals surface area contributed by atoms with Gasteiger partial charge in [-0.05, 0) is 24.6 Å². The summed E-state index contributed by atoms with van der Waals surface area (Å²) in [6, 6.07) is 2.87. The first-order chi connectivity index (χ1) is 6.65. The van der Waals surface area contributed by atoms with Crippen molar-refractivity contribution in [2.24, 2.45) is 0 Å². The summed E-state index contributed by atoms with van der Waals surface area (Å²) in [6.45, 7) is 1.84. The smallest absolute Gasteiger partial charge is 0.147 e. The maximum absolute atomic E-state index is 13.0. The molecule has 0 aliphatic carbocycles. The number of aliphatic hydroxyl groups excluding tert-OH is 1. The number of hydrogen-bond donors (Lipinski definition) is 2. The van der Waals surface area contributed by atoms with Gasteiger partial charge < -0.3 is 10.8 Å².